The first-order valence-corrected chi connectivity index (χ1v) is 9.42. The smallest absolute Gasteiger partial charge is 0.240 e. The van der Waals surface area contributed by atoms with E-state index in [0.29, 0.717) is 16.9 Å². The fraction of sp³-hybridized carbons (Fsp3) is 0.625. The van der Waals surface area contributed by atoms with Gasteiger partial charge in [-0.2, -0.15) is 0 Å². The second-order valence-electron chi connectivity index (χ2n) is 6.43. The molecule has 1 aromatic carbocycles. The van der Waals surface area contributed by atoms with Gasteiger partial charge in [0.25, 0.3) is 0 Å². The summed E-state index contributed by atoms with van der Waals surface area (Å²) in [6.07, 6.45) is 6.99. The summed E-state index contributed by atoms with van der Waals surface area (Å²) in [6.45, 7) is 2.29. The van der Waals surface area contributed by atoms with Gasteiger partial charge in [-0.3, -0.25) is 0 Å². The average Bonchev–Trinajstić information content (AvgIpc) is 3.25. The highest BCUT2D eigenvalue weighted by Gasteiger charge is 2.28. The summed E-state index contributed by atoms with van der Waals surface area (Å²) in [6, 6.07) is 7.80. The van der Waals surface area contributed by atoms with Crippen LogP contribution >= 0.6 is 0 Å². The Bertz CT molecular complexity index is 579. The Morgan fingerprint density at radius 1 is 1.00 bits per heavy atom. The number of benzene rings is 1. The molecule has 0 radical (unpaired) electrons. The molecule has 116 valence electrons. The minimum Gasteiger partial charge on any atom is -0.382 e. The van der Waals surface area contributed by atoms with E-state index in [9.17, 15) is 8.42 Å². The van der Waals surface area contributed by atoms with Crippen LogP contribution in [0.15, 0.2) is 29.2 Å². The largest absolute Gasteiger partial charge is 0.382 e. The third kappa shape index (κ3) is 3.77. The Kier molecular flexibility index (Phi) is 4.22. The molecular formula is C16H24N2O2S. The van der Waals surface area contributed by atoms with Gasteiger partial charge < -0.3 is 5.32 Å². The van der Waals surface area contributed by atoms with Crippen LogP contribution in [-0.4, -0.2) is 20.5 Å². The predicted molar refractivity (Wildman–Crippen MR) is 84.8 cm³/mol. The average molecular weight is 308 g/mol. The molecular weight excluding hydrogens is 284 g/mol. The van der Waals surface area contributed by atoms with Crippen LogP contribution in [0.2, 0.25) is 0 Å². The molecule has 4 nitrogen and oxygen atoms in total. The second-order valence-corrected chi connectivity index (χ2v) is 8.15. The van der Waals surface area contributed by atoms with Gasteiger partial charge in [0.15, 0.2) is 0 Å². The standard InChI is InChI=1S/C16H24N2O2S/c1-12-4-2-3-5-16(12)17-13-8-10-15(11-9-13)21(19,20)18-14-6-7-14/h8-12,14,16-18H,2-7H2,1H3. The third-order valence-electron chi connectivity index (χ3n) is 4.53. The molecule has 2 saturated carbocycles. The second kappa shape index (κ2) is 5.97. The monoisotopic (exact) mass is 308 g/mol. The van der Waals surface area contributed by atoms with Gasteiger partial charge in [0.1, 0.15) is 0 Å². The van der Waals surface area contributed by atoms with Crippen molar-refractivity contribution >= 4 is 15.7 Å². The lowest BCUT2D eigenvalue weighted by molar-refractivity contribution is 0.349. The molecule has 0 aromatic heterocycles. The topological polar surface area (TPSA) is 58.2 Å². The molecule has 3 rings (SSSR count). The summed E-state index contributed by atoms with van der Waals surface area (Å²) in [5.41, 5.74) is 1.01. The number of anilines is 1. The number of hydrogen-bond donors (Lipinski definition) is 2. The summed E-state index contributed by atoms with van der Waals surface area (Å²) in [5, 5.41) is 3.55. The Labute approximate surface area is 127 Å². The van der Waals surface area contributed by atoms with Crippen molar-refractivity contribution in [2.24, 2.45) is 5.92 Å². The fourth-order valence-electron chi connectivity index (χ4n) is 2.96. The van der Waals surface area contributed by atoms with Crippen LogP contribution in [0.4, 0.5) is 5.69 Å². The van der Waals surface area contributed by atoms with E-state index in [1.165, 1.54) is 25.7 Å². The molecule has 0 bridgehead atoms. The summed E-state index contributed by atoms with van der Waals surface area (Å²) in [5.74, 6) is 0.679. The number of nitrogens with one attached hydrogen (secondary N) is 2. The Morgan fingerprint density at radius 2 is 1.67 bits per heavy atom. The number of rotatable bonds is 5. The quantitative estimate of drug-likeness (QED) is 0.878. The van der Waals surface area contributed by atoms with Crippen LogP contribution in [0, 0.1) is 5.92 Å². The summed E-state index contributed by atoms with van der Waals surface area (Å²) < 4.78 is 26.9. The molecule has 2 aliphatic rings. The lowest BCUT2D eigenvalue weighted by Gasteiger charge is -2.30. The summed E-state index contributed by atoms with van der Waals surface area (Å²) in [7, 11) is -3.34. The maximum absolute atomic E-state index is 12.1. The highest BCUT2D eigenvalue weighted by atomic mass is 32.2. The maximum atomic E-state index is 12.1. The van der Waals surface area contributed by atoms with E-state index in [4.69, 9.17) is 0 Å². The Morgan fingerprint density at radius 3 is 2.29 bits per heavy atom. The van der Waals surface area contributed by atoms with E-state index in [1.807, 2.05) is 12.1 Å². The third-order valence-corrected chi connectivity index (χ3v) is 6.06. The molecule has 2 fully saturated rings. The van der Waals surface area contributed by atoms with Crippen molar-refractivity contribution in [1.29, 1.82) is 0 Å². The van der Waals surface area contributed by atoms with Crippen molar-refractivity contribution in [3.63, 3.8) is 0 Å². The van der Waals surface area contributed by atoms with E-state index in [2.05, 4.69) is 17.0 Å². The van der Waals surface area contributed by atoms with Crippen molar-refractivity contribution in [2.45, 2.75) is 62.4 Å². The molecule has 0 spiro atoms. The summed E-state index contributed by atoms with van der Waals surface area (Å²) >= 11 is 0. The van der Waals surface area contributed by atoms with Crippen molar-refractivity contribution < 1.29 is 8.42 Å². The van der Waals surface area contributed by atoms with Crippen molar-refractivity contribution in [2.75, 3.05) is 5.32 Å². The summed E-state index contributed by atoms with van der Waals surface area (Å²) in [4.78, 5) is 0.358. The van der Waals surface area contributed by atoms with Gasteiger partial charge >= 0.3 is 0 Å². The van der Waals surface area contributed by atoms with Gasteiger partial charge in [-0.1, -0.05) is 19.8 Å². The lowest BCUT2D eigenvalue weighted by Crippen LogP contribution is -2.30. The molecule has 0 heterocycles. The van der Waals surface area contributed by atoms with Gasteiger partial charge in [0.2, 0.25) is 10.0 Å². The zero-order valence-electron chi connectivity index (χ0n) is 12.5. The molecule has 2 atom stereocenters. The van der Waals surface area contributed by atoms with Gasteiger partial charge in [-0.15, -0.1) is 0 Å². The minimum atomic E-state index is -3.34. The van der Waals surface area contributed by atoms with E-state index >= 15 is 0 Å². The van der Waals surface area contributed by atoms with Crippen molar-refractivity contribution in [3.05, 3.63) is 24.3 Å². The van der Waals surface area contributed by atoms with Gasteiger partial charge in [0.05, 0.1) is 4.90 Å². The van der Waals surface area contributed by atoms with Crippen molar-refractivity contribution in [3.8, 4) is 0 Å². The van der Waals surface area contributed by atoms with Crippen molar-refractivity contribution in [1.82, 2.24) is 4.72 Å². The molecule has 0 aliphatic heterocycles. The minimum absolute atomic E-state index is 0.149. The van der Waals surface area contributed by atoms with E-state index in [-0.39, 0.29) is 6.04 Å². The Balaban J connectivity index is 1.66. The van der Waals surface area contributed by atoms with Crippen LogP contribution in [0.5, 0.6) is 0 Å². The molecule has 2 aliphatic carbocycles. The zero-order chi connectivity index (χ0) is 14.9. The normalized spacial score (nSPS) is 26.5. The SMILES string of the molecule is CC1CCCCC1Nc1ccc(S(=O)(=O)NC2CC2)cc1. The molecule has 0 saturated heterocycles. The molecule has 21 heavy (non-hydrogen) atoms. The van der Waals surface area contributed by atoms with Gasteiger partial charge in [0, 0.05) is 17.8 Å². The van der Waals surface area contributed by atoms with Crippen LogP contribution in [0.1, 0.15) is 45.4 Å². The first-order valence-electron chi connectivity index (χ1n) is 7.93. The van der Waals surface area contributed by atoms with E-state index in [0.717, 1.165) is 18.5 Å². The highest BCUT2D eigenvalue weighted by Crippen LogP contribution is 2.27. The van der Waals surface area contributed by atoms with Crippen LogP contribution in [-0.2, 0) is 10.0 Å². The van der Waals surface area contributed by atoms with E-state index in [1.54, 1.807) is 12.1 Å². The number of sulfonamides is 1. The molecule has 2 unspecified atom stereocenters. The fourth-order valence-corrected chi connectivity index (χ4v) is 4.27. The maximum Gasteiger partial charge on any atom is 0.240 e. The van der Waals surface area contributed by atoms with Crippen LogP contribution in [0.25, 0.3) is 0 Å². The van der Waals surface area contributed by atoms with Gasteiger partial charge in [-0.25, -0.2) is 13.1 Å². The molecule has 2 N–H and O–H groups in total. The van der Waals surface area contributed by atoms with Crippen LogP contribution < -0.4 is 10.0 Å². The first-order chi connectivity index (χ1) is 10.0. The molecule has 1 aromatic rings. The Hall–Kier alpha value is -1.07. The molecule has 5 heteroatoms. The first kappa shape index (κ1) is 14.9. The number of hydrogen-bond acceptors (Lipinski definition) is 3. The predicted octanol–water partition coefficient (Wildman–Crippen LogP) is 3.12. The van der Waals surface area contributed by atoms with E-state index < -0.39 is 10.0 Å². The zero-order valence-corrected chi connectivity index (χ0v) is 13.3. The lowest BCUT2D eigenvalue weighted by atomic mass is 9.86. The van der Waals surface area contributed by atoms with Crippen LogP contribution in [0.3, 0.4) is 0 Å². The highest BCUT2D eigenvalue weighted by molar-refractivity contribution is 7.89. The van der Waals surface area contributed by atoms with Gasteiger partial charge in [-0.05, 0) is 55.9 Å². The molecule has 0 amide bonds.